The molecule has 1 aliphatic rings. The van der Waals surface area contributed by atoms with E-state index in [2.05, 4.69) is 10.4 Å². The molecule has 13 heteroatoms. The van der Waals surface area contributed by atoms with Crippen LogP contribution in [0, 0.1) is 4.77 Å². The molecule has 2 rings (SSSR count). The molecule has 166 valence electrons. The zero-order chi connectivity index (χ0) is 22.6. The summed E-state index contributed by atoms with van der Waals surface area (Å²) in [6, 6.07) is -1.01. The maximum absolute atomic E-state index is 11.9. The first kappa shape index (κ1) is 23.5. The van der Waals surface area contributed by atoms with Crippen molar-refractivity contribution in [1.82, 2.24) is 19.7 Å². The van der Waals surface area contributed by atoms with Gasteiger partial charge in [0.05, 0.1) is 0 Å². The summed E-state index contributed by atoms with van der Waals surface area (Å²) in [5.41, 5.74) is 0. The van der Waals surface area contributed by atoms with Gasteiger partial charge in [-0.3, -0.25) is 19.2 Å². The van der Waals surface area contributed by atoms with E-state index in [-0.39, 0.29) is 11.4 Å². The van der Waals surface area contributed by atoms with Crippen LogP contribution in [-0.2, 0) is 45.2 Å². The highest BCUT2D eigenvalue weighted by Gasteiger charge is 2.52. The fraction of sp³-hybridized carbons (Fsp3) is 0.647. The van der Waals surface area contributed by atoms with E-state index in [9.17, 15) is 19.2 Å². The number of rotatable bonds is 6. The first-order valence-corrected chi connectivity index (χ1v) is 9.42. The summed E-state index contributed by atoms with van der Waals surface area (Å²) in [4.78, 5) is 46.7. The Bertz CT molecular complexity index is 881. The van der Waals surface area contributed by atoms with Gasteiger partial charge in [0.1, 0.15) is 25.1 Å². The fourth-order valence-electron chi connectivity index (χ4n) is 3.09. The molecule has 0 aliphatic carbocycles. The van der Waals surface area contributed by atoms with Crippen LogP contribution in [0.4, 0.5) is 0 Å². The van der Waals surface area contributed by atoms with Crippen LogP contribution in [0.15, 0.2) is 6.33 Å². The van der Waals surface area contributed by atoms with Crippen molar-refractivity contribution < 1.29 is 38.1 Å². The lowest BCUT2D eigenvalue weighted by atomic mass is 9.95. The van der Waals surface area contributed by atoms with Gasteiger partial charge in [-0.05, 0) is 12.2 Å². The molecule has 0 saturated carbocycles. The highest BCUT2D eigenvalue weighted by atomic mass is 32.1. The number of nitrogens with one attached hydrogen (secondary N) is 1. The predicted octanol–water partition coefficient (Wildman–Crippen LogP) is -0.220. The van der Waals surface area contributed by atoms with Gasteiger partial charge in [-0.1, -0.05) is 0 Å². The van der Waals surface area contributed by atoms with Gasteiger partial charge >= 0.3 is 17.9 Å². The first-order chi connectivity index (χ1) is 14.0. The van der Waals surface area contributed by atoms with Gasteiger partial charge < -0.3 is 28.8 Å². The van der Waals surface area contributed by atoms with E-state index in [0.29, 0.717) is 0 Å². The zero-order valence-electron chi connectivity index (χ0n) is 17.2. The van der Waals surface area contributed by atoms with Crippen molar-refractivity contribution in [2.24, 2.45) is 7.05 Å². The van der Waals surface area contributed by atoms with Crippen LogP contribution in [0.5, 0.6) is 0 Å². The standard InChI is InChI=1S/C17H24N4O8S/c1-8(22)19-13-15(28-11(4)25)14(27-10(3)24)12(6-26-9(2)23)29-16(13)21-17(30)20(5)7-18-21/h7,12-16H,6H2,1-5H3,(H,19,22)/t12-,13-,14-,15+,16+/m1/s1. The normalized spacial score (nSPS) is 25.8. The number of hydrogen-bond donors (Lipinski definition) is 1. The molecule has 0 bridgehead atoms. The number of ether oxygens (including phenoxy) is 4. The second kappa shape index (κ2) is 9.80. The van der Waals surface area contributed by atoms with E-state index in [1.165, 1.54) is 38.7 Å². The largest absolute Gasteiger partial charge is 0.463 e. The summed E-state index contributed by atoms with van der Waals surface area (Å²) in [6.45, 7) is 4.52. The van der Waals surface area contributed by atoms with E-state index < -0.39 is 54.4 Å². The predicted molar refractivity (Wildman–Crippen MR) is 101 cm³/mol. The Morgan fingerprint density at radius 2 is 1.70 bits per heavy atom. The van der Waals surface area contributed by atoms with Crippen molar-refractivity contribution in [3.8, 4) is 0 Å². The van der Waals surface area contributed by atoms with Crippen LogP contribution in [0.1, 0.15) is 33.9 Å². The molecule has 30 heavy (non-hydrogen) atoms. The number of esters is 3. The summed E-state index contributed by atoms with van der Waals surface area (Å²) < 4.78 is 24.9. The number of amides is 1. The maximum atomic E-state index is 11.9. The minimum Gasteiger partial charge on any atom is -0.463 e. The molecule has 0 unspecified atom stereocenters. The third-order valence-electron chi connectivity index (χ3n) is 4.18. The molecule has 1 aromatic heterocycles. The Morgan fingerprint density at radius 3 is 2.17 bits per heavy atom. The molecule has 5 atom stereocenters. The Balaban J connectivity index is 2.56. The van der Waals surface area contributed by atoms with Crippen molar-refractivity contribution >= 4 is 36.0 Å². The summed E-state index contributed by atoms with van der Waals surface area (Å²) in [5, 5.41) is 6.82. The Labute approximate surface area is 177 Å². The summed E-state index contributed by atoms with van der Waals surface area (Å²) >= 11 is 5.34. The highest BCUT2D eigenvalue weighted by molar-refractivity contribution is 7.71. The minimum atomic E-state index is -1.17. The highest BCUT2D eigenvalue weighted by Crippen LogP contribution is 2.32. The van der Waals surface area contributed by atoms with Crippen molar-refractivity contribution in [3.05, 3.63) is 11.1 Å². The summed E-state index contributed by atoms with van der Waals surface area (Å²) in [5.74, 6) is -2.39. The molecular weight excluding hydrogens is 420 g/mol. The molecule has 1 N–H and O–H groups in total. The third-order valence-corrected chi connectivity index (χ3v) is 4.65. The maximum Gasteiger partial charge on any atom is 0.303 e. The quantitative estimate of drug-likeness (QED) is 0.356. The van der Waals surface area contributed by atoms with Crippen LogP contribution in [0.2, 0.25) is 0 Å². The van der Waals surface area contributed by atoms with Crippen LogP contribution in [-0.4, -0.2) is 69.1 Å². The topological polar surface area (TPSA) is 140 Å². The molecule has 0 radical (unpaired) electrons. The van der Waals surface area contributed by atoms with Gasteiger partial charge in [-0.15, -0.1) is 0 Å². The van der Waals surface area contributed by atoms with Crippen molar-refractivity contribution in [2.75, 3.05) is 6.61 Å². The van der Waals surface area contributed by atoms with Gasteiger partial charge in [0.25, 0.3) is 0 Å². The lowest BCUT2D eigenvalue weighted by Gasteiger charge is -2.45. The smallest absolute Gasteiger partial charge is 0.303 e. The molecule has 1 aromatic rings. The van der Waals surface area contributed by atoms with E-state index in [4.69, 9.17) is 31.2 Å². The minimum absolute atomic E-state index is 0.258. The number of carbonyl (C=O) groups excluding carboxylic acids is 4. The van der Waals surface area contributed by atoms with Crippen LogP contribution >= 0.6 is 12.2 Å². The van der Waals surface area contributed by atoms with Crippen molar-refractivity contribution in [3.63, 3.8) is 0 Å². The molecule has 12 nitrogen and oxygen atoms in total. The molecule has 0 aromatic carbocycles. The van der Waals surface area contributed by atoms with Gasteiger partial charge in [-0.2, -0.15) is 5.10 Å². The molecule has 1 saturated heterocycles. The van der Waals surface area contributed by atoms with Crippen molar-refractivity contribution in [1.29, 1.82) is 0 Å². The average Bonchev–Trinajstić information content (AvgIpc) is 2.94. The number of aromatic nitrogens is 3. The van der Waals surface area contributed by atoms with Crippen molar-refractivity contribution in [2.45, 2.75) is 58.3 Å². The SMILES string of the molecule is CC(=O)N[C@@H]1[C@H](OC(C)=O)[C@H](OC(C)=O)[C@@H](COC(C)=O)O[C@@H]1n1ncn(C)c1=S. The molecule has 2 heterocycles. The van der Waals surface area contributed by atoms with Crippen LogP contribution in [0.3, 0.4) is 0 Å². The second-order valence-corrected chi connectivity index (χ2v) is 7.08. The second-order valence-electron chi connectivity index (χ2n) is 6.71. The molecule has 0 spiro atoms. The summed E-state index contributed by atoms with van der Waals surface area (Å²) in [7, 11) is 1.67. The van der Waals surface area contributed by atoms with Gasteiger partial charge in [0.15, 0.2) is 23.2 Å². The third kappa shape index (κ3) is 5.63. The Morgan fingerprint density at radius 1 is 1.10 bits per heavy atom. The lowest BCUT2D eigenvalue weighted by molar-refractivity contribution is -0.239. The van der Waals surface area contributed by atoms with E-state index in [0.717, 1.165) is 0 Å². The zero-order valence-corrected chi connectivity index (χ0v) is 18.0. The molecule has 1 fully saturated rings. The number of nitrogens with zero attached hydrogens (tertiary/aromatic N) is 3. The van der Waals surface area contributed by atoms with E-state index in [1.807, 2.05) is 0 Å². The number of hydrogen-bond acceptors (Lipinski definition) is 10. The van der Waals surface area contributed by atoms with Gasteiger partial charge in [-0.25, -0.2) is 4.68 Å². The molecule has 1 amide bonds. The monoisotopic (exact) mass is 444 g/mol. The molecular formula is C17H24N4O8S. The Hall–Kier alpha value is -2.80. The number of aryl methyl sites for hydroxylation is 1. The van der Waals surface area contributed by atoms with E-state index >= 15 is 0 Å². The van der Waals surface area contributed by atoms with E-state index in [1.54, 1.807) is 11.6 Å². The molecule has 1 aliphatic heterocycles. The Kier molecular flexibility index (Phi) is 7.67. The number of carbonyl (C=O) groups is 4. The van der Waals surface area contributed by atoms with Crippen LogP contribution in [0.25, 0.3) is 0 Å². The average molecular weight is 444 g/mol. The first-order valence-electron chi connectivity index (χ1n) is 9.01. The summed E-state index contributed by atoms with van der Waals surface area (Å²) in [6.07, 6.45) is -2.97. The van der Waals surface area contributed by atoms with Crippen LogP contribution < -0.4 is 5.32 Å². The van der Waals surface area contributed by atoms with Gasteiger partial charge in [0.2, 0.25) is 5.91 Å². The fourth-order valence-corrected chi connectivity index (χ4v) is 3.28. The lowest BCUT2D eigenvalue weighted by Crippen LogP contribution is -2.64. The van der Waals surface area contributed by atoms with Gasteiger partial charge in [0, 0.05) is 34.7 Å².